The van der Waals surface area contributed by atoms with Crippen molar-refractivity contribution in [1.82, 2.24) is 5.32 Å². The SMILES string of the molecule is COc1ccc(CCC(=O)N[C@@H]2CCOC[C@H]2OCC(=O)O)cc1. The standard InChI is InChI=1S/C17H23NO6/c1-22-13-5-2-12(3-6-13)4-7-16(19)18-14-8-9-23-10-15(14)24-11-17(20)21/h2-3,5-6,14-15H,4,7-11H2,1H3,(H,18,19)(H,20,21)/t14-,15-/m1/s1. The number of carboxylic acid groups (broad SMARTS) is 1. The van der Waals surface area contributed by atoms with Crippen molar-refractivity contribution in [3.63, 3.8) is 0 Å². The zero-order chi connectivity index (χ0) is 17.4. The molecule has 0 bridgehead atoms. The van der Waals surface area contributed by atoms with Crippen molar-refractivity contribution in [2.45, 2.75) is 31.4 Å². The minimum Gasteiger partial charge on any atom is -0.497 e. The van der Waals surface area contributed by atoms with Gasteiger partial charge < -0.3 is 24.6 Å². The van der Waals surface area contributed by atoms with Gasteiger partial charge in [-0.15, -0.1) is 0 Å². The summed E-state index contributed by atoms with van der Waals surface area (Å²) in [6, 6.07) is 7.36. The summed E-state index contributed by atoms with van der Waals surface area (Å²) in [5.74, 6) is -0.337. The lowest BCUT2D eigenvalue weighted by Gasteiger charge is -2.31. The third kappa shape index (κ3) is 5.82. The van der Waals surface area contributed by atoms with Crippen molar-refractivity contribution in [3.8, 4) is 5.75 Å². The molecule has 0 aliphatic carbocycles. The van der Waals surface area contributed by atoms with Crippen LogP contribution in [0.4, 0.5) is 0 Å². The molecule has 2 N–H and O–H groups in total. The first-order valence-electron chi connectivity index (χ1n) is 7.92. The molecule has 1 aliphatic heterocycles. The minimum absolute atomic E-state index is 0.0818. The van der Waals surface area contributed by atoms with E-state index in [0.29, 0.717) is 25.9 Å². The summed E-state index contributed by atoms with van der Waals surface area (Å²) in [5, 5.41) is 11.6. The van der Waals surface area contributed by atoms with Gasteiger partial charge >= 0.3 is 5.97 Å². The van der Waals surface area contributed by atoms with Gasteiger partial charge in [-0.05, 0) is 30.5 Å². The van der Waals surface area contributed by atoms with Gasteiger partial charge in [0.25, 0.3) is 0 Å². The smallest absolute Gasteiger partial charge is 0.329 e. The number of aryl methyl sites for hydroxylation is 1. The second-order valence-corrected chi connectivity index (χ2v) is 5.63. The number of benzene rings is 1. The lowest BCUT2D eigenvalue weighted by Crippen LogP contribution is -2.50. The number of hydrogen-bond donors (Lipinski definition) is 2. The van der Waals surface area contributed by atoms with E-state index >= 15 is 0 Å². The van der Waals surface area contributed by atoms with Gasteiger partial charge in [0, 0.05) is 13.0 Å². The van der Waals surface area contributed by atoms with Crippen LogP contribution in [0.1, 0.15) is 18.4 Å². The van der Waals surface area contributed by atoms with Crippen LogP contribution in [-0.4, -0.2) is 56.1 Å². The molecule has 0 unspecified atom stereocenters. The predicted octanol–water partition coefficient (Wildman–Crippen LogP) is 1.00. The molecule has 24 heavy (non-hydrogen) atoms. The van der Waals surface area contributed by atoms with E-state index in [1.165, 1.54) is 0 Å². The maximum Gasteiger partial charge on any atom is 0.329 e. The van der Waals surface area contributed by atoms with Gasteiger partial charge in [0.05, 0.1) is 19.8 Å². The fraction of sp³-hybridized carbons (Fsp3) is 0.529. The van der Waals surface area contributed by atoms with Crippen molar-refractivity contribution in [3.05, 3.63) is 29.8 Å². The Labute approximate surface area is 140 Å². The summed E-state index contributed by atoms with van der Waals surface area (Å²) in [4.78, 5) is 22.8. The Bertz CT molecular complexity index is 545. The number of ether oxygens (including phenoxy) is 3. The molecule has 1 aromatic carbocycles. The zero-order valence-electron chi connectivity index (χ0n) is 13.7. The summed E-state index contributed by atoms with van der Waals surface area (Å²) in [7, 11) is 1.61. The average molecular weight is 337 g/mol. The number of rotatable bonds is 8. The third-order valence-corrected chi connectivity index (χ3v) is 3.87. The van der Waals surface area contributed by atoms with Gasteiger partial charge in [-0.2, -0.15) is 0 Å². The van der Waals surface area contributed by atoms with Gasteiger partial charge in [0.15, 0.2) is 0 Å². The number of nitrogens with one attached hydrogen (secondary N) is 1. The van der Waals surface area contributed by atoms with Gasteiger partial charge in [-0.3, -0.25) is 4.79 Å². The normalized spacial score (nSPS) is 20.4. The lowest BCUT2D eigenvalue weighted by atomic mass is 10.0. The maximum absolute atomic E-state index is 12.1. The highest BCUT2D eigenvalue weighted by Gasteiger charge is 2.28. The summed E-state index contributed by atoms with van der Waals surface area (Å²) in [5.41, 5.74) is 1.05. The molecule has 2 rings (SSSR count). The number of hydrogen-bond acceptors (Lipinski definition) is 5. The van der Waals surface area contributed by atoms with E-state index in [-0.39, 0.29) is 18.6 Å². The number of methoxy groups -OCH3 is 1. The van der Waals surface area contributed by atoms with Crippen molar-refractivity contribution in [2.24, 2.45) is 0 Å². The molecule has 0 aromatic heterocycles. The van der Waals surface area contributed by atoms with E-state index in [0.717, 1.165) is 11.3 Å². The monoisotopic (exact) mass is 337 g/mol. The number of aliphatic carboxylic acids is 1. The van der Waals surface area contributed by atoms with E-state index in [1.54, 1.807) is 7.11 Å². The zero-order valence-corrected chi connectivity index (χ0v) is 13.7. The Kier molecular flexibility index (Phi) is 7.02. The fourth-order valence-corrected chi connectivity index (χ4v) is 2.55. The van der Waals surface area contributed by atoms with Crippen LogP contribution >= 0.6 is 0 Å². The molecule has 0 radical (unpaired) electrons. The third-order valence-electron chi connectivity index (χ3n) is 3.87. The Morgan fingerprint density at radius 3 is 2.75 bits per heavy atom. The van der Waals surface area contributed by atoms with Crippen molar-refractivity contribution >= 4 is 11.9 Å². The second kappa shape index (κ2) is 9.24. The Balaban J connectivity index is 1.79. The summed E-state index contributed by atoms with van der Waals surface area (Å²) >= 11 is 0. The molecule has 0 spiro atoms. The van der Waals surface area contributed by atoms with E-state index < -0.39 is 18.7 Å². The molecule has 2 atom stereocenters. The van der Waals surface area contributed by atoms with Gasteiger partial charge in [-0.1, -0.05) is 12.1 Å². The Hall–Kier alpha value is -2.12. The summed E-state index contributed by atoms with van der Waals surface area (Å²) in [6.07, 6.45) is 1.16. The van der Waals surface area contributed by atoms with Crippen LogP contribution in [-0.2, 0) is 25.5 Å². The van der Waals surface area contributed by atoms with Gasteiger partial charge in [0.2, 0.25) is 5.91 Å². The van der Waals surface area contributed by atoms with Crippen LogP contribution in [0.3, 0.4) is 0 Å². The van der Waals surface area contributed by atoms with Crippen LogP contribution in [0.5, 0.6) is 5.75 Å². The second-order valence-electron chi connectivity index (χ2n) is 5.63. The van der Waals surface area contributed by atoms with Gasteiger partial charge in [-0.25, -0.2) is 4.79 Å². The van der Waals surface area contributed by atoms with Crippen LogP contribution in [0, 0.1) is 0 Å². The van der Waals surface area contributed by atoms with E-state index in [2.05, 4.69) is 5.32 Å². The van der Waals surface area contributed by atoms with E-state index in [4.69, 9.17) is 19.3 Å². The van der Waals surface area contributed by atoms with Gasteiger partial charge in [0.1, 0.15) is 18.5 Å². The molecule has 1 aromatic rings. The van der Waals surface area contributed by atoms with E-state index in [1.807, 2.05) is 24.3 Å². The highest BCUT2D eigenvalue weighted by atomic mass is 16.5. The Morgan fingerprint density at radius 1 is 1.33 bits per heavy atom. The van der Waals surface area contributed by atoms with Crippen LogP contribution in [0.2, 0.25) is 0 Å². The van der Waals surface area contributed by atoms with Crippen molar-refractivity contribution in [1.29, 1.82) is 0 Å². The molecule has 1 saturated heterocycles. The highest BCUT2D eigenvalue weighted by molar-refractivity contribution is 5.76. The molecular weight excluding hydrogens is 314 g/mol. The van der Waals surface area contributed by atoms with E-state index in [9.17, 15) is 9.59 Å². The minimum atomic E-state index is -1.04. The first-order chi connectivity index (χ1) is 11.6. The molecule has 7 nitrogen and oxygen atoms in total. The van der Waals surface area contributed by atoms with Crippen LogP contribution in [0.25, 0.3) is 0 Å². The molecule has 1 aliphatic rings. The van der Waals surface area contributed by atoms with Crippen LogP contribution < -0.4 is 10.1 Å². The molecule has 7 heteroatoms. The molecule has 1 heterocycles. The number of amides is 1. The fourth-order valence-electron chi connectivity index (χ4n) is 2.55. The summed E-state index contributed by atoms with van der Waals surface area (Å²) in [6.45, 7) is 0.416. The number of carboxylic acids is 1. The van der Waals surface area contributed by atoms with Crippen molar-refractivity contribution in [2.75, 3.05) is 26.9 Å². The first kappa shape index (κ1) is 18.2. The predicted molar refractivity (Wildman–Crippen MR) is 86.1 cm³/mol. The Morgan fingerprint density at radius 2 is 2.08 bits per heavy atom. The topological polar surface area (TPSA) is 94.1 Å². The molecule has 1 amide bonds. The maximum atomic E-state index is 12.1. The summed E-state index contributed by atoms with van der Waals surface area (Å²) < 4.78 is 15.7. The average Bonchev–Trinajstić information content (AvgIpc) is 2.59. The highest BCUT2D eigenvalue weighted by Crippen LogP contribution is 2.14. The quantitative estimate of drug-likeness (QED) is 0.735. The molecule has 0 saturated carbocycles. The lowest BCUT2D eigenvalue weighted by molar-refractivity contribution is -0.149. The molecule has 132 valence electrons. The van der Waals surface area contributed by atoms with Crippen molar-refractivity contribution < 1.29 is 28.9 Å². The number of carbonyl (C=O) groups is 2. The first-order valence-corrected chi connectivity index (χ1v) is 7.92. The van der Waals surface area contributed by atoms with Crippen LogP contribution in [0.15, 0.2) is 24.3 Å². The number of carbonyl (C=O) groups excluding carboxylic acids is 1. The molecule has 1 fully saturated rings. The largest absolute Gasteiger partial charge is 0.497 e. The molecular formula is C17H23NO6.